The van der Waals surface area contributed by atoms with Crippen molar-refractivity contribution >= 4 is 29.0 Å². The fraction of sp³-hybridized carbons (Fsp3) is 0.382. The highest BCUT2D eigenvalue weighted by Gasteiger charge is 2.29. The summed E-state index contributed by atoms with van der Waals surface area (Å²) in [5.74, 6) is 0.329. The van der Waals surface area contributed by atoms with Crippen molar-refractivity contribution in [3.05, 3.63) is 100 Å². The lowest BCUT2D eigenvalue weighted by Gasteiger charge is -2.31. The summed E-state index contributed by atoms with van der Waals surface area (Å²) in [4.78, 5) is 47.4. The molecule has 3 heterocycles. The molecule has 0 saturated carbocycles. The first kappa shape index (κ1) is 32.6. The summed E-state index contributed by atoms with van der Waals surface area (Å²) in [7, 11) is 0. The zero-order valence-corrected chi connectivity index (χ0v) is 25.6. The Bertz CT molecular complexity index is 1510. The van der Waals surface area contributed by atoms with Gasteiger partial charge in [0.15, 0.2) is 11.6 Å². The van der Waals surface area contributed by atoms with E-state index in [9.17, 15) is 14.4 Å². The van der Waals surface area contributed by atoms with Crippen LogP contribution in [0.5, 0.6) is 0 Å². The predicted octanol–water partition coefficient (Wildman–Crippen LogP) is 4.81. The van der Waals surface area contributed by atoms with Crippen LogP contribution in [-0.4, -0.2) is 66.9 Å². The summed E-state index contributed by atoms with van der Waals surface area (Å²) < 4.78 is 16.6. The molecule has 0 spiro atoms. The third-order valence-electron chi connectivity index (χ3n) is 8.46. The summed E-state index contributed by atoms with van der Waals surface area (Å²) in [6.45, 7) is 5.78. The molecule has 0 atom stereocenters. The summed E-state index contributed by atoms with van der Waals surface area (Å²) in [6, 6.07) is 20.9. The molecule has 1 aromatic heterocycles. The van der Waals surface area contributed by atoms with E-state index in [4.69, 9.17) is 13.7 Å². The summed E-state index contributed by atoms with van der Waals surface area (Å²) in [5.41, 5.74) is 4.60. The fourth-order valence-electron chi connectivity index (χ4n) is 5.82. The number of Topliss-reactive ketones (excluding diaryl/α,β-unsaturated/α-hetero) is 2. The van der Waals surface area contributed by atoms with Crippen molar-refractivity contribution < 1.29 is 22.8 Å². The van der Waals surface area contributed by atoms with Gasteiger partial charge in [-0.1, -0.05) is 42.0 Å². The van der Waals surface area contributed by atoms with E-state index in [1.165, 1.54) is 11.8 Å². The molecule has 2 aliphatic heterocycles. The van der Waals surface area contributed by atoms with Gasteiger partial charge in [0, 0.05) is 49.3 Å². The van der Waals surface area contributed by atoms with E-state index in [1.54, 1.807) is 17.0 Å². The summed E-state index contributed by atoms with van der Waals surface area (Å²) in [6.07, 6.45) is 5.23. The third-order valence-corrected chi connectivity index (χ3v) is 8.46. The Morgan fingerprint density at radius 2 is 1.48 bits per heavy atom. The normalized spacial score (nSPS) is 15.9. The molecule has 2 aliphatic rings. The lowest BCUT2D eigenvalue weighted by atomic mass is 9.88. The molecule has 0 radical (unpaired) electrons. The Morgan fingerprint density at radius 3 is 2.05 bits per heavy atom. The second kappa shape index (κ2) is 15.9. The van der Waals surface area contributed by atoms with Crippen LogP contribution in [0.1, 0.15) is 80.0 Å². The molecule has 9 nitrogen and oxygen atoms in total. The molecule has 2 aromatic carbocycles. The van der Waals surface area contributed by atoms with E-state index in [2.05, 4.69) is 16.0 Å². The van der Waals surface area contributed by atoms with Crippen molar-refractivity contribution in [3.63, 3.8) is 0 Å². The number of hydrogen-bond donors (Lipinski definition) is 0. The number of amides is 1. The fourth-order valence-corrected chi connectivity index (χ4v) is 5.82. The van der Waals surface area contributed by atoms with Gasteiger partial charge in [-0.05, 0) is 81.4 Å². The highest BCUT2D eigenvalue weighted by molar-refractivity contribution is 7.51. The molecule has 5 rings (SSSR count). The number of aryl methyl sites for hydroxylation is 1. The maximum absolute atomic E-state index is 13.1. The zero-order chi connectivity index (χ0) is 31.5. The van der Waals surface area contributed by atoms with Crippen LogP contribution in [0.4, 0.5) is 0 Å². The van der Waals surface area contributed by atoms with Crippen LogP contribution in [-0.2, 0) is 18.1 Å². The molecule has 44 heavy (non-hydrogen) atoms. The molecule has 3 aromatic rings. The molecule has 0 N–H and O–H groups in total. The van der Waals surface area contributed by atoms with Crippen molar-refractivity contribution in [2.24, 2.45) is 11.8 Å². The molecule has 10 heteroatoms. The molecular formula is C34H36N4O5S. The number of carbonyl (C=O) groups excluding carboxylic acids is 3. The van der Waals surface area contributed by atoms with Crippen LogP contribution < -0.4 is 0 Å². The van der Waals surface area contributed by atoms with Gasteiger partial charge in [0.1, 0.15) is 5.69 Å². The van der Waals surface area contributed by atoms with Crippen molar-refractivity contribution in [2.75, 3.05) is 26.2 Å². The van der Waals surface area contributed by atoms with Gasteiger partial charge in [0.2, 0.25) is 0 Å². The van der Waals surface area contributed by atoms with Gasteiger partial charge in [0.25, 0.3) is 5.91 Å². The van der Waals surface area contributed by atoms with Crippen molar-refractivity contribution in [2.45, 2.75) is 45.6 Å². The Kier molecular flexibility index (Phi) is 11.8. The quantitative estimate of drug-likeness (QED) is 0.332. The molecule has 0 bridgehead atoms. The minimum atomic E-state index is -0.750. The molecule has 0 unspecified atom stereocenters. The number of piperidine rings is 2. The average molecular weight is 613 g/mol. The molecule has 2 fully saturated rings. The standard InChI is InChI=1S/C34H36N4O3.O2S/c1-24-2-8-28(9-3-24)33(40)29-14-18-38(19-15-29)34(41)31-11-10-30(22-36-31)32(39)20-25-12-16-37(17-13-25)23-27-6-4-26(21-35)5-7-27;1-3-2/h2-11,22,25,29H,12-20,23H2,1H3;. The Hall–Kier alpha value is -4.33. The number of aromatic nitrogens is 1. The maximum Gasteiger partial charge on any atom is 0.335 e. The number of likely N-dealkylation sites (tertiary alicyclic amines) is 2. The van der Waals surface area contributed by atoms with Crippen molar-refractivity contribution in [1.29, 1.82) is 5.26 Å². The van der Waals surface area contributed by atoms with E-state index in [0.29, 0.717) is 55.1 Å². The molecule has 228 valence electrons. The topological polar surface area (TPSA) is 129 Å². The van der Waals surface area contributed by atoms with Gasteiger partial charge in [-0.15, -0.1) is 0 Å². The van der Waals surface area contributed by atoms with Crippen LogP contribution in [0.2, 0.25) is 0 Å². The number of pyridine rings is 1. The monoisotopic (exact) mass is 612 g/mol. The third kappa shape index (κ3) is 8.85. The van der Waals surface area contributed by atoms with Crippen LogP contribution >= 0.6 is 0 Å². The van der Waals surface area contributed by atoms with E-state index < -0.39 is 11.6 Å². The van der Waals surface area contributed by atoms with Gasteiger partial charge in [-0.2, -0.15) is 13.7 Å². The van der Waals surface area contributed by atoms with Gasteiger partial charge < -0.3 is 4.90 Å². The number of benzene rings is 2. The van der Waals surface area contributed by atoms with Gasteiger partial charge >= 0.3 is 11.6 Å². The van der Waals surface area contributed by atoms with Crippen molar-refractivity contribution in [1.82, 2.24) is 14.8 Å². The van der Waals surface area contributed by atoms with Crippen LogP contribution in [0.25, 0.3) is 0 Å². The number of carbonyl (C=O) groups is 3. The highest BCUT2D eigenvalue weighted by atomic mass is 32.1. The largest absolute Gasteiger partial charge is 0.337 e. The molecule has 2 saturated heterocycles. The van der Waals surface area contributed by atoms with Gasteiger partial charge in [-0.3, -0.25) is 24.3 Å². The minimum Gasteiger partial charge on any atom is -0.337 e. The van der Waals surface area contributed by atoms with Crippen LogP contribution in [0, 0.1) is 30.1 Å². The summed E-state index contributed by atoms with van der Waals surface area (Å²) >= 11 is -0.750. The lowest BCUT2D eigenvalue weighted by Crippen LogP contribution is -2.40. The number of nitriles is 1. The number of ketones is 2. The smallest absolute Gasteiger partial charge is 0.335 e. The Balaban J connectivity index is 0.00000141. The average Bonchev–Trinajstić information content (AvgIpc) is 3.06. The second-order valence-corrected chi connectivity index (χ2v) is 11.6. The number of nitrogens with zero attached hydrogens (tertiary/aromatic N) is 4. The molecule has 0 aliphatic carbocycles. The lowest BCUT2D eigenvalue weighted by molar-refractivity contribution is 0.0645. The zero-order valence-electron chi connectivity index (χ0n) is 24.8. The van der Waals surface area contributed by atoms with Crippen molar-refractivity contribution in [3.8, 4) is 6.07 Å². The number of hydrogen-bond acceptors (Lipinski definition) is 8. The summed E-state index contributed by atoms with van der Waals surface area (Å²) in [5, 5.41) is 8.97. The Labute approximate surface area is 261 Å². The minimum absolute atomic E-state index is 0.0671. The van der Waals surface area contributed by atoms with E-state index in [1.807, 2.05) is 55.5 Å². The Morgan fingerprint density at radius 1 is 0.864 bits per heavy atom. The first-order valence-electron chi connectivity index (χ1n) is 14.8. The van der Waals surface area contributed by atoms with Crippen LogP contribution in [0.3, 0.4) is 0 Å². The first-order valence-corrected chi connectivity index (χ1v) is 15.5. The predicted molar refractivity (Wildman–Crippen MR) is 165 cm³/mol. The van der Waals surface area contributed by atoms with E-state index >= 15 is 0 Å². The highest BCUT2D eigenvalue weighted by Crippen LogP contribution is 2.25. The number of rotatable bonds is 8. The maximum atomic E-state index is 13.1. The van der Waals surface area contributed by atoms with Gasteiger partial charge in [-0.25, -0.2) is 0 Å². The van der Waals surface area contributed by atoms with Gasteiger partial charge in [0.05, 0.1) is 11.6 Å². The SMILES string of the molecule is Cc1ccc(C(=O)C2CCN(C(=O)c3ccc(C(=O)CC4CCN(Cc5ccc(C#N)cc5)CC4)cn3)CC2)cc1.O=S=O. The van der Waals surface area contributed by atoms with E-state index in [0.717, 1.165) is 43.6 Å². The molecular weight excluding hydrogens is 576 g/mol. The molecule has 1 amide bonds. The first-order chi connectivity index (χ1) is 21.3. The van der Waals surface area contributed by atoms with Crippen LogP contribution in [0.15, 0.2) is 66.9 Å². The van der Waals surface area contributed by atoms with E-state index in [-0.39, 0.29) is 23.4 Å². The second-order valence-electron chi connectivity index (χ2n) is 11.5.